The number of ether oxygens (including phenoxy) is 2. The van der Waals surface area contributed by atoms with Crippen molar-refractivity contribution in [2.75, 3.05) is 13.7 Å². The maximum Gasteiger partial charge on any atom is 0.308 e. The molecule has 5 nitrogen and oxygen atoms in total. The third-order valence-electron chi connectivity index (χ3n) is 3.34. The van der Waals surface area contributed by atoms with Gasteiger partial charge < -0.3 is 19.7 Å². The first kappa shape index (κ1) is 15.4. The summed E-state index contributed by atoms with van der Waals surface area (Å²) >= 11 is 0. The first-order chi connectivity index (χ1) is 8.63. The molecule has 0 spiro atoms. The number of carbonyl (C=O) groups excluding carboxylic acids is 1. The van der Waals surface area contributed by atoms with Crippen molar-refractivity contribution in [3.8, 4) is 0 Å². The van der Waals surface area contributed by atoms with Crippen LogP contribution in [0.2, 0.25) is 0 Å². The Kier molecular flexibility index (Phi) is 7.23. The van der Waals surface area contributed by atoms with Crippen LogP contribution in [0.25, 0.3) is 0 Å². The van der Waals surface area contributed by atoms with Crippen LogP contribution < -0.4 is 0 Å². The molecule has 0 aromatic carbocycles. The summed E-state index contributed by atoms with van der Waals surface area (Å²) in [6.45, 7) is 0.737. The quantitative estimate of drug-likeness (QED) is 0.693. The summed E-state index contributed by atoms with van der Waals surface area (Å²) < 4.78 is 9.42. The average molecular weight is 260 g/mol. The Hall–Kier alpha value is -0.650. The molecule has 1 saturated carbocycles. The average Bonchev–Trinajstić information content (AvgIpc) is 2.39. The highest BCUT2D eigenvalue weighted by molar-refractivity contribution is 5.72. The highest BCUT2D eigenvalue weighted by Crippen LogP contribution is 2.24. The summed E-state index contributed by atoms with van der Waals surface area (Å²) in [6.07, 6.45) is 5.48. The number of rotatable bonds is 1. The van der Waals surface area contributed by atoms with Gasteiger partial charge in [-0.2, -0.15) is 0 Å². The van der Waals surface area contributed by atoms with Crippen molar-refractivity contribution in [2.24, 2.45) is 5.92 Å². The predicted octanol–water partition coefficient (Wildman–Crippen LogP) is 1.22. The second-order valence-electron chi connectivity index (χ2n) is 4.86. The summed E-state index contributed by atoms with van der Waals surface area (Å²) in [5, 5.41) is 17.9. The first-order valence-electron chi connectivity index (χ1n) is 6.69. The number of hydrogen-bond donors (Lipinski definition) is 2. The smallest absolute Gasteiger partial charge is 0.308 e. The van der Waals surface area contributed by atoms with E-state index in [0.717, 1.165) is 45.1 Å². The minimum Gasteiger partial charge on any atom is -0.469 e. The van der Waals surface area contributed by atoms with E-state index in [-0.39, 0.29) is 18.0 Å². The molecular formula is C13H24O5. The number of esters is 1. The molecule has 1 aliphatic heterocycles. The molecule has 3 unspecified atom stereocenters. The Labute approximate surface area is 108 Å². The predicted molar refractivity (Wildman–Crippen MR) is 65.8 cm³/mol. The van der Waals surface area contributed by atoms with Gasteiger partial charge in [-0.05, 0) is 38.5 Å². The standard InChI is InChI=1S/C8H14O3.C5H10O2/c1-11-8(10)6-3-2-4-7(9)5-6;6-5-3-1-2-4-7-5/h6-7,9H,2-5H2,1H3;5-6H,1-4H2. The van der Waals surface area contributed by atoms with Gasteiger partial charge in [-0.15, -0.1) is 0 Å². The zero-order valence-electron chi connectivity index (χ0n) is 11.0. The molecule has 1 heterocycles. The lowest BCUT2D eigenvalue weighted by atomic mass is 9.87. The van der Waals surface area contributed by atoms with Crippen LogP contribution in [0.15, 0.2) is 0 Å². The van der Waals surface area contributed by atoms with Gasteiger partial charge in [0.15, 0.2) is 6.29 Å². The SMILES string of the molecule is COC(=O)C1CCCC(O)C1.OC1CCCCO1. The van der Waals surface area contributed by atoms with Gasteiger partial charge in [-0.1, -0.05) is 6.42 Å². The van der Waals surface area contributed by atoms with E-state index in [4.69, 9.17) is 9.84 Å². The normalized spacial score (nSPS) is 32.1. The molecule has 106 valence electrons. The van der Waals surface area contributed by atoms with Crippen LogP contribution in [0, 0.1) is 5.92 Å². The summed E-state index contributed by atoms with van der Waals surface area (Å²) in [7, 11) is 1.39. The monoisotopic (exact) mass is 260 g/mol. The zero-order chi connectivity index (χ0) is 13.4. The van der Waals surface area contributed by atoms with Crippen molar-refractivity contribution in [3.63, 3.8) is 0 Å². The van der Waals surface area contributed by atoms with E-state index in [0.29, 0.717) is 6.42 Å². The molecule has 0 aromatic heterocycles. The van der Waals surface area contributed by atoms with E-state index in [9.17, 15) is 9.90 Å². The summed E-state index contributed by atoms with van der Waals surface area (Å²) in [5.74, 6) is -0.243. The molecule has 0 bridgehead atoms. The molecule has 3 atom stereocenters. The molecule has 2 N–H and O–H groups in total. The Bertz CT molecular complexity index is 238. The number of aliphatic hydroxyl groups is 2. The molecular weight excluding hydrogens is 236 g/mol. The van der Waals surface area contributed by atoms with Gasteiger partial charge in [0.1, 0.15) is 0 Å². The lowest BCUT2D eigenvalue weighted by molar-refractivity contribution is -0.147. The Balaban J connectivity index is 0.000000199. The van der Waals surface area contributed by atoms with Gasteiger partial charge in [-0.3, -0.25) is 4.79 Å². The van der Waals surface area contributed by atoms with Gasteiger partial charge in [0.25, 0.3) is 0 Å². The van der Waals surface area contributed by atoms with Crippen molar-refractivity contribution < 1.29 is 24.5 Å². The fourth-order valence-corrected chi connectivity index (χ4v) is 2.27. The van der Waals surface area contributed by atoms with Crippen LogP contribution in [0.5, 0.6) is 0 Å². The molecule has 18 heavy (non-hydrogen) atoms. The topological polar surface area (TPSA) is 76.0 Å². The molecule has 0 radical (unpaired) electrons. The number of hydrogen-bond acceptors (Lipinski definition) is 5. The van der Waals surface area contributed by atoms with Gasteiger partial charge in [0.05, 0.1) is 19.1 Å². The van der Waals surface area contributed by atoms with Crippen molar-refractivity contribution >= 4 is 5.97 Å². The van der Waals surface area contributed by atoms with E-state index >= 15 is 0 Å². The van der Waals surface area contributed by atoms with E-state index < -0.39 is 6.29 Å². The molecule has 0 aromatic rings. The minimum atomic E-state index is -0.464. The first-order valence-corrected chi connectivity index (χ1v) is 6.69. The number of aliphatic hydroxyl groups excluding tert-OH is 2. The van der Waals surface area contributed by atoms with Crippen LogP contribution >= 0.6 is 0 Å². The van der Waals surface area contributed by atoms with Crippen molar-refractivity contribution in [3.05, 3.63) is 0 Å². The maximum absolute atomic E-state index is 11.0. The third kappa shape index (κ3) is 5.80. The second-order valence-corrected chi connectivity index (χ2v) is 4.86. The molecule has 2 aliphatic rings. The number of carbonyl (C=O) groups is 1. The zero-order valence-corrected chi connectivity index (χ0v) is 11.0. The van der Waals surface area contributed by atoms with Crippen LogP contribution in [0.3, 0.4) is 0 Å². The van der Waals surface area contributed by atoms with Gasteiger partial charge in [0.2, 0.25) is 0 Å². The van der Waals surface area contributed by atoms with Crippen molar-refractivity contribution in [1.82, 2.24) is 0 Å². The molecule has 1 saturated heterocycles. The van der Waals surface area contributed by atoms with E-state index in [1.807, 2.05) is 0 Å². The summed E-state index contributed by atoms with van der Waals surface area (Å²) in [6, 6.07) is 0. The number of methoxy groups -OCH3 is 1. The maximum atomic E-state index is 11.0. The van der Waals surface area contributed by atoms with Gasteiger partial charge in [-0.25, -0.2) is 0 Å². The third-order valence-corrected chi connectivity index (χ3v) is 3.34. The molecule has 0 amide bonds. The van der Waals surface area contributed by atoms with Crippen LogP contribution in [-0.2, 0) is 14.3 Å². The molecule has 2 fully saturated rings. The van der Waals surface area contributed by atoms with E-state index in [1.54, 1.807) is 0 Å². The molecule has 5 heteroatoms. The lowest BCUT2D eigenvalue weighted by Crippen LogP contribution is -2.26. The Morgan fingerprint density at radius 1 is 1.17 bits per heavy atom. The fraction of sp³-hybridized carbons (Fsp3) is 0.923. The molecule has 2 rings (SSSR count). The van der Waals surface area contributed by atoms with E-state index in [2.05, 4.69) is 4.74 Å². The Morgan fingerprint density at radius 2 is 1.94 bits per heavy atom. The van der Waals surface area contributed by atoms with E-state index in [1.165, 1.54) is 7.11 Å². The van der Waals surface area contributed by atoms with Crippen molar-refractivity contribution in [1.29, 1.82) is 0 Å². The summed E-state index contributed by atoms with van der Waals surface area (Å²) in [5.41, 5.74) is 0. The molecule has 1 aliphatic carbocycles. The van der Waals surface area contributed by atoms with Gasteiger partial charge in [0, 0.05) is 6.61 Å². The van der Waals surface area contributed by atoms with Gasteiger partial charge >= 0.3 is 5.97 Å². The van der Waals surface area contributed by atoms with Crippen LogP contribution in [0.1, 0.15) is 44.9 Å². The lowest BCUT2D eigenvalue weighted by Gasteiger charge is -2.23. The van der Waals surface area contributed by atoms with Crippen molar-refractivity contribution in [2.45, 2.75) is 57.3 Å². The fourth-order valence-electron chi connectivity index (χ4n) is 2.27. The summed E-state index contributed by atoms with van der Waals surface area (Å²) in [4.78, 5) is 11.0. The highest BCUT2D eigenvalue weighted by Gasteiger charge is 2.26. The highest BCUT2D eigenvalue weighted by atomic mass is 16.6. The Morgan fingerprint density at radius 3 is 2.39 bits per heavy atom. The second kappa shape index (κ2) is 8.45. The van der Waals surface area contributed by atoms with Crippen LogP contribution in [-0.4, -0.2) is 42.3 Å². The minimum absolute atomic E-state index is 0.0660. The largest absolute Gasteiger partial charge is 0.469 e. The van der Waals surface area contributed by atoms with Crippen LogP contribution in [0.4, 0.5) is 0 Å².